The molecular formula is C5H6Br4N4. The Morgan fingerprint density at radius 2 is 2.08 bits per heavy atom. The van der Waals surface area contributed by atoms with E-state index >= 15 is 0 Å². The van der Waals surface area contributed by atoms with Crippen molar-refractivity contribution in [3.8, 4) is 0 Å². The zero-order valence-electron chi connectivity index (χ0n) is 6.59. The number of aromatic nitrogens is 4. The van der Waals surface area contributed by atoms with Crippen LogP contribution in [-0.2, 0) is 7.05 Å². The first-order valence-electron chi connectivity index (χ1n) is 3.33. The van der Waals surface area contributed by atoms with Gasteiger partial charge >= 0.3 is 0 Å². The standard InChI is InChI=1S/C5H6Br4N4/c1-13-11-4(10-12-13)3(6)2-5(7,8)9/h3H,2H2,1H3. The average molecular weight is 442 g/mol. The van der Waals surface area contributed by atoms with E-state index in [9.17, 15) is 0 Å². The number of hydrogen-bond acceptors (Lipinski definition) is 3. The van der Waals surface area contributed by atoms with Crippen molar-refractivity contribution in [3.05, 3.63) is 5.82 Å². The zero-order chi connectivity index (χ0) is 10.1. The van der Waals surface area contributed by atoms with Crippen molar-refractivity contribution in [2.24, 2.45) is 7.05 Å². The van der Waals surface area contributed by atoms with Crippen molar-refractivity contribution < 1.29 is 0 Å². The number of nitrogens with zero attached hydrogens (tertiary/aromatic N) is 4. The predicted molar refractivity (Wildman–Crippen MR) is 64.6 cm³/mol. The average Bonchev–Trinajstić information content (AvgIpc) is 2.31. The number of rotatable bonds is 2. The molecule has 1 unspecified atom stereocenters. The Morgan fingerprint density at radius 1 is 1.46 bits per heavy atom. The lowest BCUT2D eigenvalue weighted by atomic mass is 10.3. The molecule has 1 atom stereocenters. The fourth-order valence-electron chi connectivity index (χ4n) is 0.719. The molecule has 0 aliphatic heterocycles. The summed E-state index contributed by atoms with van der Waals surface area (Å²) in [7, 11) is 1.74. The van der Waals surface area contributed by atoms with E-state index < -0.39 is 0 Å². The summed E-state index contributed by atoms with van der Waals surface area (Å²) < 4.78 is -0.291. The number of alkyl halides is 4. The lowest BCUT2D eigenvalue weighted by molar-refractivity contribution is 0.626. The van der Waals surface area contributed by atoms with Gasteiger partial charge in [-0.15, -0.1) is 10.2 Å². The van der Waals surface area contributed by atoms with Crippen LogP contribution in [0.2, 0.25) is 0 Å². The molecule has 1 aromatic rings. The molecule has 0 spiro atoms. The highest BCUT2D eigenvalue weighted by Gasteiger charge is 2.25. The van der Waals surface area contributed by atoms with E-state index in [1.807, 2.05) is 0 Å². The van der Waals surface area contributed by atoms with Crippen molar-refractivity contribution in [2.45, 2.75) is 13.4 Å². The molecule has 13 heavy (non-hydrogen) atoms. The third kappa shape index (κ3) is 4.35. The van der Waals surface area contributed by atoms with Crippen LogP contribution < -0.4 is 0 Å². The van der Waals surface area contributed by atoms with Crippen LogP contribution in [0.25, 0.3) is 0 Å². The van der Waals surface area contributed by atoms with Crippen LogP contribution in [0.4, 0.5) is 0 Å². The molecule has 1 rings (SSSR count). The molecular weight excluding hydrogens is 436 g/mol. The molecule has 0 aromatic carbocycles. The van der Waals surface area contributed by atoms with Crippen molar-refractivity contribution >= 4 is 63.7 Å². The maximum atomic E-state index is 4.08. The van der Waals surface area contributed by atoms with Crippen LogP contribution in [0, 0.1) is 0 Å². The molecule has 0 fully saturated rings. The van der Waals surface area contributed by atoms with Gasteiger partial charge in [0.15, 0.2) is 5.82 Å². The molecule has 8 heteroatoms. The Kier molecular flexibility index (Phi) is 4.34. The first kappa shape index (κ1) is 12.1. The van der Waals surface area contributed by atoms with Crippen molar-refractivity contribution in [3.63, 3.8) is 0 Å². The van der Waals surface area contributed by atoms with E-state index in [1.54, 1.807) is 7.05 Å². The van der Waals surface area contributed by atoms with Gasteiger partial charge in [0.1, 0.15) is 2.14 Å². The Hall–Kier alpha value is 0.990. The summed E-state index contributed by atoms with van der Waals surface area (Å²) >= 11 is 13.7. The van der Waals surface area contributed by atoms with Crippen LogP contribution >= 0.6 is 63.7 Å². The van der Waals surface area contributed by atoms with Gasteiger partial charge in [-0.1, -0.05) is 63.7 Å². The Balaban J connectivity index is 2.64. The third-order valence-corrected chi connectivity index (χ3v) is 2.92. The molecule has 74 valence electrons. The molecule has 0 radical (unpaired) electrons. The lowest BCUT2D eigenvalue weighted by Gasteiger charge is -2.13. The van der Waals surface area contributed by atoms with E-state index in [-0.39, 0.29) is 6.97 Å². The van der Waals surface area contributed by atoms with E-state index in [2.05, 4.69) is 79.1 Å². The normalized spacial score (nSPS) is 14.5. The second-order valence-corrected chi connectivity index (χ2v) is 10.8. The summed E-state index contributed by atoms with van der Waals surface area (Å²) in [6, 6.07) is 0. The maximum absolute atomic E-state index is 4.08. The van der Waals surface area contributed by atoms with Gasteiger partial charge < -0.3 is 0 Å². The van der Waals surface area contributed by atoms with E-state index in [4.69, 9.17) is 0 Å². The third-order valence-electron chi connectivity index (χ3n) is 1.21. The lowest BCUT2D eigenvalue weighted by Crippen LogP contribution is -2.05. The van der Waals surface area contributed by atoms with Gasteiger partial charge in [-0.3, -0.25) is 0 Å². The molecule has 0 saturated carbocycles. The molecule has 0 aliphatic carbocycles. The van der Waals surface area contributed by atoms with Crippen molar-refractivity contribution in [1.29, 1.82) is 0 Å². The summed E-state index contributed by atoms with van der Waals surface area (Å²) in [6.07, 6.45) is 0.749. The highest BCUT2D eigenvalue weighted by atomic mass is 80.0. The van der Waals surface area contributed by atoms with Crippen LogP contribution in [0.5, 0.6) is 0 Å². The topological polar surface area (TPSA) is 43.6 Å². The number of tetrazole rings is 1. The monoisotopic (exact) mass is 438 g/mol. The summed E-state index contributed by atoms with van der Waals surface area (Å²) in [4.78, 5) is 1.49. The van der Waals surface area contributed by atoms with Crippen LogP contribution in [0.1, 0.15) is 17.1 Å². The molecule has 0 aliphatic rings. The van der Waals surface area contributed by atoms with Gasteiger partial charge in [0.2, 0.25) is 0 Å². The SMILES string of the molecule is Cn1nnc(C(Br)CC(Br)(Br)Br)n1. The van der Waals surface area contributed by atoms with Gasteiger partial charge in [-0.2, -0.15) is 4.80 Å². The second kappa shape index (κ2) is 4.67. The second-order valence-electron chi connectivity index (χ2n) is 2.42. The van der Waals surface area contributed by atoms with Gasteiger partial charge in [0.05, 0.1) is 11.9 Å². The fraction of sp³-hybridized carbons (Fsp3) is 0.800. The fourth-order valence-corrected chi connectivity index (χ4v) is 3.66. The van der Waals surface area contributed by atoms with Gasteiger partial charge in [-0.05, 0) is 5.21 Å². The molecule has 1 heterocycles. The van der Waals surface area contributed by atoms with E-state index in [0.29, 0.717) is 5.82 Å². The minimum absolute atomic E-state index is 0.0549. The first-order chi connectivity index (χ1) is 5.88. The minimum Gasteiger partial charge on any atom is -0.167 e. The van der Waals surface area contributed by atoms with E-state index in [0.717, 1.165) is 6.42 Å². The quantitative estimate of drug-likeness (QED) is 0.663. The highest BCUT2D eigenvalue weighted by molar-refractivity contribution is 9.39. The first-order valence-corrected chi connectivity index (χ1v) is 6.62. The predicted octanol–water partition coefficient (Wildman–Crippen LogP) is 2.87. The van der Waals surface area contributed by atoms with Crippen LogP contribution in [0.3, 0.4) is 0 Å². The minimum atomic E-state index is -0.291. The Labute approximate surface area is 109 Å². The Bertz CT molecular complexity index is 280. The smallest absolute Gasteiger partial charge is 0.167 e. The maximum Gasteiger partial charge on any atom is 0.188 e. The molecule has 0 bridgehead atoms. The summed E-state index contributed by atoms with van der Waals surface area (Å²) in [5, 5.41) is 11.7. The molecule has 0 amide bonds. The molecule has 1 aromatic heterocycles. The molecule has 0 N–H and O–H groups in total. The van der Waals surface area contributed by atoms with E-state index in [1.165, 1.54) is 4.80 Å². The summed E-state index contributed by atoms with van der Waals surface area (Å²) in [5.74, 6) is 0.672. The van der Waals surface area contributed by atoms with Crippen molar-refractivity contribution in [2.75, 3.05) is 0 Å². The largest absolute Gasteiger partial charge is 0.188 e. The number of aryl methyl sites for hydroxylation is 1. The van der Waals surface area contributed by atoms with Crippen LogP contribution in [0.15, 0.2) is 0 Å². The van der Waals surface area contributed by atoms with Gasteiger partial charge in [0.25, 0.3) is 0 Å². The number of hydrogen-bond donors (Lipinski definition) is 0. The Morgan fingerprint density at radius 3 is 2.46 bits per heavy atom. The highest BCUT2D eigenvalue weighted by Crippen LogP contribution is 2.43. The summed E-state index contributed by atoms with van der Waals surface area (Å²) in [6.45, 7) is 0. The summed E-state index contributed by atoms with van der Waals surface area (Å²) in [5.41, 5.74) is 0. The van der Waals surface area contributed by atoms with Crippen LogP contribution in [-0.4, -0.2) is 22.4 Å². The van der Waals surface area contributed by atoms with Crippen molar-refractivity contribution in [1.82, 2.24) is 20.2 Å². The van der Waals surface area contributed by atoms with Gasteiger partial charge in [-0.25, -0.2) is 0 Å². The zero-order valence-corrected chi connectivity index (χ0v) is 12.9. The molecule has 0 saturated heterocycles. The van der Waals surface area contributed by atoms with Gasteiger partial charge in [0, 0.05) is 6.42 Å². The number of halogens is 4. The molecule has 4 nitrogen and oxygen atoms in total.